The van der Waals surface area contributed by atoms with Gasteiger partial charge in [0.2, 0.25) is 0 Å². The van der Waals surface area contributed by atoms with E-state index in [-0.39, 0.29) is 11.1 Å². The minimum Gasteiger partial charge on any atom is -0.367 e. The van der Waals surface area contributed by atoms with Crippen LogP contribution in [0.25, 0.3) is 0 Å². The van der Waals surface area contributed by atoms with Crippen LogP contribution in [-0.4, -0.2) is 22.1 Å². The van der Waals surface area contributed by atoms with Crippen molar-refractivity contribution >= 4 is 0 Å². The van der Waals surface area contributed by atoms with Gasteiger partial charge in [0.25, 0.3) is 0 Å². The van der Waals surface area contributed by atoms with Crippen molar-refractivity contribution in [2.45, 2.75) is 71.1 Å². The number of rotatable bonds is 5. The third kappa shape index (κ3) is 3.57. The number of imidazole rings is 1. The third-order valence-electron chi connectivity index (χ3n) is 3.70. The summed E-state index contributed by atoms with van der Waals surface area (Å²) < 4.78 is 6.02. The molecule has 1 aromatic heterocycles. The highest BCUT2D eigenvalue weighted by Gasteiger charge is 2.38. The highest BCUT2D eigenvalue weighted by molar-refractivity contribution is 5.11. The SMILES string of the molecule is CCOC1(c2ncc(CNC(C)(C)C)[nH]2)CCCC1. The normalized spacial score (nSPS) is 18.9. The standard InChI is InChI=1S/C15H27N3O/c1-5-19-15(8-6-7-9-15)13-16-10-12(18-13)11-17-14(2,3)4/h10,17H,5-9,11H2,1-4H3,(H,16,18). The fraction of sp³-hybridized carbons (Fsp3) is 0.800. The zero-order valence-electron chi connectivity index (χ0n) is 12.7. The van der Waals surface area contributed by atoms with E-state index >= 15 is 0 Å². The van der Waals surface area contributed by atoms with Gasteiger partial charge >= 0.3 is 0 Å². The van der Waals surface area contributed by atoms with Crippen LogP contribution in [-0.2, 0) is 16.9 Å². The van der Waals surface area contributed by atoms with Crippen molar-refractivity contribution < 1.29 is 4.74 Å². The summed E-state index contributed by atoms with van der Waals surface area (Å²) in [6.07, 6.45) is 6.57. The van der Waals surface area contributed by atoms with Crippen molar-refractivity contribution in [2.75, 3.05) is 6.61 Å². The molecule has 1 saturated carbocycles. The van der Waals surface area contributed by atoms with Crippen molar-refractivity contribution in [3.8, 4) is 0 Å². The molecule has 2 rings (SSSR count). The van der Waals surface area contributed by atoms with Gasteiger partial charge in [-0.15, -0.1) is 0 Å². The van der Waals surface area contributed by atoms with Crippen molar-refractivity contribution in [1.82, 2.24) is 15.3 Å². The molecule has 0 bridgehead atoms. The summed E-state index contributed by atoms with van der Waals surface area (Å²) in [5, 5.41) is 3.47. The van der Waals surface area contributed by atoms with E-state index in [0.29, 0.717) is 0 Å². The van der Waals surface area contributed by atoms with Gasteiger partial charge in [0.15, 0.2) is 0 Å². The lowest BCUT2D eigenvalue weighted by atomic mass is 10.0. The molecule has 2 N–H and O–H groups in total. The maximum Gasteiger partial charge on any atom is 0.138 e. The number of hydrogen-bond acceptors (Lipinski definition) is 3. The Balaban J connectivity index is 2.06. The maximum absolute atomic E-state index is 6.02. The molecule has 0 spiro atoms. The Bertz CT molecular complexity index is 400. The Morgan fingerprint density at radius 2 is 2.05 bits per heavy atom. The molecule has 0 aromatic carbocycles. The summed E-state index contributed by atoms with van der Waals surface area (Å²) >= 11 is 0. The molecule has 4 heteroatoms. The molecular weight excluding hydrogens is 238 g/mol. The summed E-state index contributed by atoms with van der Waals surface area (Å²) in [7, 11) is 0. The predicted octanol–water partition coefficient (Wildman–Crippen LogP) is 3.10. The molecule has 0 aliphatic heterocycles. The van der Waals surface area contributed by atoms with Crippen LogP contribution in [0.4, 0.5) is 0 Å². The van der Waals surface area contributed by atoms with E-state index in [4.69, 9.17) is 4.74 Å². The first-order valence-corrected chi connectivity index (χ1v) is 7.38. The van der Waals surface area contributed by atoms with Gasteiger partial charge in [-0.3, -0.25) is 0 Å². The van der Waals surface area contributed by atoms with Gasteiger partial charge in [-0.25, -0.2) is 4.98 Å². The molecule has 1 aromatic rings. The highest BCUT2D eigenvalue weighted by Crippen LogP contribution is 2.40. The number of H-pyrrole nitrogens is 1. The highest BCUT2D eigenvalue weighted by atomic mass is 16.5. The van der Waals surface area contributed by atoms with Gasteiger partial charge in [-0.1, -0.05) is 0 Å². The van der Waals surface area contributed by atoms with E-state index in [1.807, 2.05) is 6.20 Å². The Morgan fingerprint density at radius 1 is 1.37 bits per heavy atom. The van der Waals surface area contributed by atoms with Crippen LogP contribution < -0.4 is 5.32 Å². The first-order valence-electron chi connectivity index (χ1n) is 7.38. The van der Waals surface area contributed by atoms with Crippen LogP contribution in [0.3, 0.4) is 0 Å². The lowest BCUT2D eigenvalue weighted by Crippen LogP contribution is -2.35. The van der Waals surface area contributed by atoms with Crippen LogP contribution in [0.15, 0.2) is 6.20 Å². The van der Waals surface area contributed by atoms with Crippen LogP contribution in [0.5, 0.6) is 0 Å². The van der Waals surface area contributed by atoms with Gasteiger partial charge in [-0.2, -0.15) is 0 Å². The van der Waals surface area contributed by atoms with E-state index in [1.54, 1.807) is 0 Å². The number of nitrogens with zero attached hydrogens (tertiary/aromatic N) is 1. The molecule has 0 radical (unpaired) electrons. The molecule has 1 aliphatic carbocycles. The minimum absolute atomic E-state index is 0.121. The summed E-state index contributed by atoms with van der Waals surface area (Å²) in [5.41, 5.74) is 1.10. The molecule has 19 heavy (non-hydrogen) atoms. The van der Waals surface area contributed by atoms with Crippen molar-refractivity contribution in [3.63, 3.8) is 0 Å². The Morgan fingerprint density at radius 3 is 2.63 bits per heavy atom. The van der Waals surface area contributed by atoms with E-state index in [0.717, 1.165) is 37.5 Å². The quantitative estimate of drug-likeness (QED) is 0.860. The number of aromatic nitrogens is 2. The largest absolute Gasteiger partial charge is 0.367 e. The Kier molecular flexibility index (Phi) is 4.31. The number of hydrogen-bond donors (Lipinski definition) is 2. The first-order chi connectivity index (χ1) is 8.95. The number of aromatic amines is 1. The van der Waals surface area contributed by atoms with Gasteiger partial charge in [0.05, 0.1) is 0 Å². The predicted molar refractivity (Wildman–Crippen MR) is 77.0 cm³/mol. The topological polar surface area (TPSA) is 49.9 Å². The van der Waals surface area contributed by atoms with Crippen molar-refractivity contribution in [3.05, 3.63) is 17.7 Å². The van der Waals surface area contributed by atoms with Gasteiger partial charge in [-0.05, 0) is 53.4 Å². The van der Waals surface area contributed by atoms with E-state index in [1.165, 1.54) is 12.8 Å². The summed E-state index contributed by atoms with van der Waals surface area (Å²) in [6.45, 7) is 10.1. The zero-order chi connectivity index (χ0) is 13.9. The van der Waals surface area contributed by atoms with E-state index < -0.39 is 0 Å². The summed E-state index contributed by atoms with van der Waals surface area (Å²) in [4.78, 5) is 8.02. The fourth-order valence-electron chi connectivity index (χ4n) is 2.71. The molecule has 1 heterocycles. The second-order valence-electron chi connectivity index (χ2n) is 6.50. The monoisotopic (exact) mass is 265 g/mol. The van der Waals surface area contributed by atoms with Crippen LogP contribution >= 0.6 is 0 Å². The minimum atomic E-state index is -0.158. The molecule has 0 saturated heterocycles. The smallest absolute Gasteiger partial charge is 0.138 e. The average molecular weight is 265 g/mol. The van der Waals surface area contributed by atoms with Gasteiger partial charge in [0.1, 0.15) is 11.4 Å². The van der Waals surface area contributed by atoms with Crippen molar-refractivity contribution in [1.29, 1.82) is 0 Å². The molecule has 1 aliphatic rings. The molecule has 4 nitrogen and oxygen atoms in total. The molecule has 108 valence electrons. The second-order valence-corrected chi connectivity index (χ2v) is 6.50. The molecule has 1 fully saturated rings. The fourth-order valence-corrected chi connectivity index (χ4v) is 2.71. The Hall–Kier alpha value is -0.870. The lowest BCUT2D eigenvalue weighted by molar-refractivity contribution is -0.0451. The number of ether oxygens (including phenoxy) is 1. The molecule has 0 atom stereocenters. The third-order valence-corrected chi connectivity index (χ3v) is 3.70. The van der Waals surface area contributed by atoms with Gasteiger partial charge in [0, 0.05) is 30.6 Å². The molecule has 0 unspecified atom stereocenters. The lowest BCUT2D eigenvalue weighted by Gasteiger charge is -2.26. The van der Waals surface area contributed by atoms with Crippen LogP contribution in [0.1, 0.15) is 64.9 Å². The van der Waals surface area contributed by atoms with Crippen molar-refractivity contribution in [2.24, 2.45) is 0 Å². The van der Waals surface area contributed by atoms with E-state index in [2.05, 4.69) is 43.0 Å². The van der Waals surface area contributed by atoms with Crippen LogP contribution in [0, 0.1) is 0 Å². The van der Waals surface area contributed by atoms with Crippen LogP contribution in [0.2, 0.25) is 0 Å². The second kappa shape index (κ2) is 5.63. The Labute approximate surface area is 116 Å². The first kappa shape index (κ1) is 14.5. The summed E-state index contributed by atoms with van der Waals surface area (Å²) in [6, 6.07) is 0. The number of nitrogens with one attached hydrogen (secondary N) is 2. The zero-order valence-corrected chi connectivity index (χ0v) is 12.7. The maximum atomic E-state index is 6.02. The molecule has 0 amide bonds. The summed E-state index contributed by atoms with van der Waals surface area (Å²) in [5.74, 6) is 1.01. The van der Waals surface area contributed by atoms with Gasteiger partial charge < -0.3 is 15.0 Å². The average Bonchev–Trinajstić information content (AvgIpc) is 2.94. The molecular formula is C15H27N3O. The van der Waals surface area contributed by atoms with E-state index in [9.17, 15) is 0 Å².